The molecule has 1 fully saturated rings. The second kappa shape index (κ2) is 7.59. The van der Waals surface area contributed by atoms with Crippen molar-refractivity contribution in [2.24, 2.45) is 0 Å². The van der Waals surface area contributed by atoms with E-state index in [9.17, 15) is 18.0 Å². The molecule has 0 spiro atoms. The van der Waals surface area contributed by atoms with Gasteiger partial charge in [0.25, 0.3) is 5.91 Å². The molecule has 0 radical (unpaired) electrons. The predicted molar refractivity (Wildman–Crippen MR) is 105 cm³/mol. The summed E-state index contributed by atoms with van der Waals surface area (Å²) in [4.78, 5) is 16.6. The first-order chi connectivity index (χ1) is 13.8. The number of halogens is 3. The number of rotatable bonds is 3. The highest BCUT2D eigenvalue weighted by molar-refractivity contribution is 6.05. The number of piperazine rings is 1. The molecule has 2 aliphatic rings. The minimum Gasteiger partial charge on any atom is -0.493 e. The largest absolute Gasteiger partial charge is 0.493 e. The van der Waals surface area contributed by atoms with Gasteiger partial charge in [-0.25, -0.2) is 0 Å². The van der Waals surface area contributed by atoms with Crippen molar-refractivity contribution in [1.82, 2.24) is 4.90 Å². The number of carbonyl (C=O) groups is 1. The fourth-order valence-corrected chi connectivity index (χ4v) is 3.66. The predicted octanol–water partition coefficient (Wildman–Crippen LogP) is 3.64. The number of amides is 1. The third-order valence-corrected chi connectivity index (χ3v) is 5.38. The van der Waals surface area contributed by atoms with Crippen LogP contribution in [0.15, 0.2) is 36.4 Å². The van der Waals surface area contributed by atoms with Crippen molar-refractivity contribution in [2.45, 2.75) is 12.6 Å². The molecule has 4 rings (SSSR count). The molecular weight excluding hydrogens is 383 g/mol. The SMILES string of the molecule is CN1CCN(c2ccc(NC(=O)c3ccc4c(c3)CCO4)c(C(F)(F)F)c2)CC1. The van der Waals surface area contributed by atoms with E-state index >= 15 is 0 Å². The number of benzene rings is 2. The minimum absolute atomic E-state index is 0.239. The van der Waals surface area contributed by atoms with E-state index in [0.29, 0.717) is 43.1 Å². The maximum atomic E-state index is 13.7. The number of alkyl halides is 3. The highest BCUT2D eigenvalue weighted by Crippen LogP contribution is 2.38. The third kappa shape index (κ3) is 4.17. The van der Waals surface area contributed by atoms with Gasteiger partial charge in [0.1, 0.15) is 5.75 Å². The van der Waals surface area contributed by atoms with E-state index in [2.05, 4.69) is 10.2 Å². The quantitative estimate of drug-likeness (QED) is 0.847. The maximum Gasteiger partial charge on any atom is 0.418 e. The highest BCUT2D eigenvalue weighted by atomic mass is 19.4. The van der Waals surface area contributed by atoms with E-state index < -0.39 is 17.6 Å². The van der Waals surface area contributed by atoms with Crippen molar-refractivity contribution in [1.29, 1.82) is 0 Å². The number of fused-ring (bicyclic) bond motifs is 1. The zero-order valence-corrected chi connectivity index (χ0v) is 16.1. The van der Waals surface area contributed by atoms with E-state index in [1.807, 2.05) is 11.9 Å². The van der Waals surface area contributed by atoms with Crippen LogP contribution < -0.4 is 15.0 Å². The van der Waals surface area contributed by atoms with E-state index in [1.54, 1.807) is 24.3 Å². The van der Waals surface area contributed by atoms with Crippen molar-refractivity contribution >= 4 is 17.3 Å². The van der Waals surface area contributed by atoms with Gasteiger partial charge in [-0.3, -0.25) is 4.79 Å². The molecule has 1 amide bonds. The Morgan fingerprint density at radius 3 is 2.55 bits per heavy atom. The molecule has 2 aliphatic heterocycles. The molecule has 1 N–H and O–H groups in total. The number of ether oxygens (including phenoxy) is 1. The molecule has 1 saturated heterocycles. The fourth-order valence-electron chi connectivity index (χ4n) is 3.66. The fraction of sp³-hybridized carbons (Fsp3) is 0.381. The Morgan fingerprint density at radius 2 is 1.83 bits per heavy atom. The molecule has 2 heterocycles. The molecular formula is C21H22F3N3O2. The Labute approximate surface area is 167 Å². The third-order valence-electron chi connectivity index (χ3n) is 5.38. The van der Waals surface area contributed by atoms with Gasteiger partial charge in [-0.05, 0) is 49.0 Å². The van der Waals surface area contributed by atoms with E-state index in [-0.39, 0.29) is 5.69 Å². The van der Waals surface area contributed by atoms with Crippen LogP contribution >= 0.6 is 0 Å². The van der Waals surface area contributed by atoms with E-state index in [4.69, 9.17) is 4.74 Å². The van der Waals surface area contributed by atoms with Gasteiger partial charge in [0.2, 0.25) is 0 Å². The van der Waals surface area contributed by atoms with Gasteiger partial charge >= 0.3 is 6.18 Å². The standard InChI is InChI=1S/C21H22F3N3O2/c1-26-7-9-27(10-8-26)16-3-4-18(17(13-16)21(22,23)24)25-20(28)15-2-5-19-14(12-15)6-11-29-19/h2-5,12-13H,6-11H2,1H3,(H,25,28). The van der Waals surface area contributed by atoms with Crippen LogP contribution in [0.2, 0.25) is 0 Å². The molecule has 0 bridgehead atoms. The number of nitrogens with zero attached hydrogens (tertiary/aromatic N) is 2. The second-order valence-electron chi connectivity index (χ2n) is 7.39. The summed E-state index contributed by atoms with van der Waals surface area (Å²) in [5.74, 6) is 0.145. The van der Waals surface area contributed by atoms with E-state index in [1.165, 1.54) is 6.07 Å². The summed E-state index contributed by atoms with van der Waals surface area (Å²) < 4.78 is 46.5. The number of hydrogen-bond donors (Lipinski definition) is 1. The van der Waals surface area contributed by atoms with Crippen LogP contribution in [0.25, 0.3) is 0 Å². The Morgan fingerprint density at radius 1 is 1.07 bits per heavy atom. The molecule has 29 heavy (non-hydrogen) atoms. The maximum absolute atomic E-state index is 13.7. The summed E-state index contributed by atoms with van der Waals surface area (Å²) in [7, 11) is 1.99. The van der Waals surface area contributed by atoms with Crippen LogP contribution in [0.1, 0.15) is 21.5 Å². The average molecular weight is 405 g/mol. The number of nitrogens with one attached hydrogen (secondary N) is 1. The summed E-state index contributed by atoms with van der Waals surface area (Å²) in [6, 6.07) is 9.00. The first kappa shape index (κ1) is 19.6. The van der Waals surface area contributed by atoms with Gasteiger partial charge in [-0.15, -0.1) is 0 Å². The topological polar surface area (TPSA) is 44.8 Å². The zero-order valence-electron chi connectivity index (χ0n) is 16.1. The number of carbonyl (C=O) groups excluding carboxylic acids is 1. The molecule has 5 nitrogen and oxygen atoms in total. The Bertz CT molecular complexity index is 922. The molecule has 154 valence electrons. The van der Waals surface area contributed by atoms with Gasteiger partial charge < -0.3 is 19.9 Å². The van der Waals surface area contributed by atoms with E-state index in [0.717, 1.165) is 24.7 Å². The molecule has 2 aromatic rings. The van der Waals surface area contributed by atoms with Crippen molar-refractivity contribution in [3.05, 3.63) is 53.1 Å². The lowest BCUT2D eigenvalue weighted by atomic mass is 10.1. The lowest BCUT2D eigenvalue weighted by molar-refractivity contribution is -0.136. The molecule has 0 atom stereocenters. The van der Waals surface area contributed by atoms with Gasteiger partial charge in [0, 0.05) is 43.9 Å². The summed E-state index contributed by atoms with van der Waals surface area (Å²) in [5.41, 5.74) is 0.631. The molecule has 0 aromatic heterocycles. The van der Waals surface area contributed by atoms with Crippen LogP contribution in [0.3, 0.4) is 0 Å². The first-order valence-electron chi connectivity index (χ1n) is 9.53. The van der Waals surface area contributed by atoms with Crippen molar-refractivity contribution in [3.8, 4) is 5.75 Å². The van der Waals surface area contributed by atoms with Gasteiger partial charge in [-0.2, -0.15) is 13.2 Å². The van der Waals surface area contributed by atoms with Gasteiger partial charge in [0.15, 0.2) is 0 Å². The summed E-state index contributed by atoms with van der Waals surface area (Å²) >= 11 is 0. The Kier molecular flexibility index (Phi) is 5.12. The first-order valence-corrected chi connectivity index (χ1v) is 9.53. The Balaban J connectivity index is 1.58. The summed E-state index contributed by atoms with van der Waals surface area (Å²) in [6.07, 6.45) is -3.89. The van der Waals surface area contributed by atoms with Crippen molar-refractivity contribution < 1.29 is 22.7 Å². The van der Waals surface area contributed by atoms with Crippen LogP contribution in [0.4, 0.5) is 24.5 Å². The van der Waals surface area contributed by atoms with Crippen molar-refractivity contribution in [2.75, 3.05) is 50.1 Å². The normalized spacial score (nSPS) is 17.0. The van der Waals surface area contributed by atoms with Crippen LogP contribution in [0.5, 0.6) is 5.75 Å². The second-order valence-corrected chi connectivity index (χ2v) is 7.39. The molecule has 8 heteroatoms. The molecule has 0 saturated carbocycles. The molecule has 2 aromatic carbocycles. The van der Waals surface area contributed by atoms with Crippen molar-refractivity contribution in [3.63, 3.8) is 0 Å². The summed E-state index contributed by atoms with van der Waals surface area (Å²) in [6.45, 7) is 3.46. The number of anilines is 2. The van der Waals surface area contributed by atoms with Gasteiger partial charge in [0.05, 0.1) is 17.9 Å². The number of likely N-dealkylation sites (N-methyl/N-ethyl adjacent to an activating group) is 1. The van der Waals surface area contributed by atoms with Crippen LogP contribution in [-0.2, 0) is 12.6 Å². The molecule has 0 aliphatic carbocycles. The van der Waals surface area contributed by atoms with Crippen LogP contribution in [-0.4, -0.2) is 50.6 Å². The number of hydrogen-bond acceptors (Lipinski definition) is 4. The smallest absolute Gasteiger partial charge is 0.418 e. The van der Waals surface area contributed by atoms with Gasteiger partial charge in [-0.1, -0.05) is 0 Å². The minimum atomic E-state index is -4.57. The average Bonchev–Trinajstić information content (AvgIpc) is 3.16. The summed E-state index contributed by atoms with van der Waals surface area (Å²) in [5, 5.41) is 2.44. The lowest BCUT2D eigenvalue weighted by Crippen LogP contribution is -2.44. The molecule has 0 unspecified atom stereocenters. The highest BCUT2D eigenvalue weighted by Gasteiger charge is 2.35. The Hall–Kier alpha value is -2.74. The monoisotopic (exact) mass is 405 g/mol. The zero-order chi connectivity index (χ0) is 20.6. The lowest BCUT2D eigenvalue weighted by Gasteiger charge is -2.34. The van der Waals surface area contributed by atoms with Crippen LogP contribution in [0, 0.1) is 0 Å².